The summed E-state index contributed by atoms with van der Waals surface area (Å²) in [5.74, 6) is -1.92. The van der Waals surface area contributed by atoms with E-state index in [1.807, 2.05) is 6.07 Å². The number of rotatable bonds is 8. The van der Waals surface area contributed by atoms with Crippen molar-refractivity contribution in [2.75, 3.05) is 11.9 Å². The Morgan fingerprint density at radius 2 is 1.74 bits per heavy atom. The first kappa shape index (κ1) is 25.2. The maximum absolute atomic E-state index is 12.6. The van der Waals surface area contributed by atoms with E-state index in [1.165, 1.54) is 30.3 Å². The Kier molecular flexibility index (Phi) is 8.38. The van der Waals surface area contributed by atoms with Gasteiger partial charge in [-0.05, 0) is 83.0 Å². The van der Waals surface area contributed by atoms with Crippen LogP contribution in [0.5, 0.6) is 11.5 Å². The minimum Gasteiger partial charge on any atom is -0.490 e. The number of aromatic carboxylic acids is 1. The summed E-state index contributed by atoms with van der Waals surface area (Å²) >= 11 is 3.37. The molecule has 0 fully saturated rings. The number of ether oxygens (including phenoxy) is 2. The maximum atomic E-state index is 12.6. The van der Waals surface area contributed by atoms with Crippen LogP contribution in [-0.2, 0) is 4.79 Å². The number of carbonyl (C=O) groups is 3. The number of hydrogen-bond acceptors (Lipinski definition) is 6. The van der Waals surface area contributed by atoms with Crippen LogP contribution in [0.4, 0.5) is 5.69 Å². The highest BCUT2D eigenvalue weighted by molar-refractivity contribution is 9.10. The van der Waals surface area contributed by atoms with Crippen molar-refractivity contribution >= 4 is 45.5 Å². The summed E-state index contributed by atoms with van der Waals surface area (Å²) in [6, 6.07) is 19.0. The molecule has 0 heterocycles. The zero-order valence-corrected chi connectivity index (χ0v) is 20.0. The van der Waals surface area contributed by atoms with Crippen LogP contribution in [0.1, 0.15) is 33.2 Å². The van der Waals surface area contributed by atoms with Crippen LogP contribution in [0.25, 0.3) is 6.08 Å². The Labute approximate surface area is 209 Å². The lowest BCUT2D eigenvalue weighted by atomic mass is 10.1. The van der Waals surface area contributed by atoms with Crippen LogP contribution in [0.2, 0.25) is 0 Å². The maximum Gasteiger partial charge on any atom is 0.343 e. The van der Waals surface area contributed by atoms with Gasteiger partial charge in [0.2, 0.25) is 0 Å². The van der Waals surface area contributed by atoms with E-state index in [2.05, 4.69) is 21.2 Å². The van der Waals surface area contributed by atoms with E-state index in [0.29, 0.717) is 21.3 Å². The fourth-order valence-corrected chi connectivity index (χ4v) is 3.51. The van der Waals surface area contributed by atoms with Gasteiger partial charge in [-0.1, -0.05) is 18.2 Å². The smallest absolute Gasteiger partial charge is 0.343 e. The van der Waals surface area contributed by atoms with E-state index >= 15 is 0 Å². The van der Waals surface area contributed by atoms with Gasteiger partial charge in [0, 0.05) is 5.69 Å². The molecule has 0 aliphatic rings. The molecule has 8 nitrogen and oxygen atoms in total. The number of carbonyl (C=O) groups excluding carboxylic acids is 2. The second-order valence-corrected chi connectivity index (χ2v) is 7.88. The number of nitrogens with zero attached hydrogens (tertiary/aromatic N) is 1. The molecule has 176 valence electrons. The van der Waals surface area contributed by atoms with Crippen LogP contribution in [-0.4, -0.2) is 29.6 Å². The summed E-state index contributed by atoms with van der Waals surface area (Å²) in [6.45, 7) is 2.05. The Bertz CT molecular complexity index is 1330. The lowest BCUT2D eigenvalue weighted by Crippen LogP contribution is -2.13. The van der Waals surface area contributed by atoms with E-state index in [4.69, 9.17) is 14.6 Å². The topological polar surface area (TPSA) is 126 Å². The third-order valence-corrected chi connectivity index (χ3v) is 5.19. The van der Waals surface area contributed by atoms with Gasteiger partial charge in [0.25, 0.3) is 5.91 Å². The van der Waals surface area contributed by atoms with Crippen LogP contribution in [0.3, 0.4) is 0 Å². The molecule has 9 heteroatoms. The highest BCUT2D eigenvalue weighted by atomic mass is 79.9. The lowest BCUT2D eigenvalue weighted by molar-refractivity contribution is -0.112. The Morgan fingerprint density at radius 3 is 2.34 bits per heavy atom. The normalized spacial score (nSPS) is 10.7. The molecule has 0 saturated carbocycles. The summed E-state index contributed by atoms with van der Waals surface area (Å²) < 4.78 is 11.6. The number of halogens is 1. The van der Waals surface area contributed by atoms with Crippen molar-refractivity contribution in [3.63, 3.8) is 0 Å². The molecule has 0 atom stereocenters. The molecule has 0 aliphatic carbocycles. The number of carboxylic acids is 1. The third kappa shape index (κ3) is 6.56. The number of benzene rings is 3. The second-order valence-electron chi connectivity index (χ2n) is 7.02. The van der Waals surface area contributed by atoms with Gasteiger partial charge < -0.3 is 19.9 Å². The average molecular weight is 535 g/mol. The molecule has 0 bridgehead atoms. The number of anilines is 1. The third-order valence-electron chi connectivity index (χ3n) is 4.60. The van der Waals surface area contributed by atoms with E-state index < -0.39 is 17.8 Å². The number of carboxylic acid groups (broad SMARTS) is 1. The predicted molar refractivity (Wildman–Crippen MR) is 132 cm³/mol. The number of nitriles is 1. The van der Waals surface area contributed by atoms with Crippen molar-refractivity contribution in [1.29, 1.82) is 5.26 Å². The molecule has 3 rings (SSSR count). The fourth-order valence-electron chi connectivity index (χ4n) is 2.97. The Hall–Kier alpha value is -4.42. The van der Waals surface area contributed by atoms with E-state index in [1.54, 1.807) is 49.4 Å². The molecular weight excluding hydrogens is 516 g/mol. The SMILES string of the molecule is CCOc1cc(/C=C(\C#N)C(=O)Nc2ccc(C(=O)O)cc2)cc(Br)c1OC(=O)c1ccccc1. The van der Waals surface area contributed by atoms with Gasteiger partial charge >= 0.3 is 11.9 Å². The molecule has 0 spiro atoms. The fraction of sp³-hybridized carbons (Fsp3) is 0.0769. The molecule has 0 saturated heterocycles. The number of hydrogen-bond donors (Lipinski definition) is 2. The standard InChI is InChI=1S/C26H19BrN2O6/c1-2-34-22-14-16(13-21(27)23(22)35-26(33)18-6-4-3-5-7-18)12-19(15-28)24(30)29-20-10-8-17(9-11-20)25(31)32/h3-14H,2H2,1H3,(H,29,30)(H,31,32)/b19-12+. The first-order chi connectivity index (χ1) is 16.8. The largest absolute Gasteiger partial charge is 0.490 e. The summed E-state index contributed by atoms with van der Waals surface area (Å²) in [6.07, 6.45) is 1.36. The molecule has 0 aromatic heterocycles. The molecule has 3 aromatic rings. The van der Waals surface area contributed by atoms with Gasteiger partial charge in [0.15, 0.2) is 11.5 Å². The van der Waals surface area contributed by atoms with Gasteiger partial charge in [-0.2, -0.15) is 5.26 Å². The highest BCUT2D eigenvalue weighted by Gasteiger charge is 2.18. The molecule has 2 N–H and O–H groups in total. The van der Waals surface area contributed by atoms with Gasteiger partial charge in [0.1, 0.15) is 11.6 Å². The number of esters is 1. The highest BCUT2D eigenvalue weighted by Crippen LogP contribution is 2.38. The zero-order valence-electron chi connectivity index (χ0n) is 18.4. The lowest BCUT2D eigenvalue weighted by Gasteiger charge is -2.14. The van der Waals surface area contributed by atoms with E-state index in [0.717, 1.165) is 0 Å². The average Bonchev–Trinajstić information content (AvgIpc) is 2.85. The molecule has 0 radical (unpaired) electrons. The molecule has 0 unspecified atom stereocenters. The molecule has 35 heavy (non-hydrogen) atoms. The predicted octanol–water partition coefficient (Wildman–Crippen LogP) is 5.31. The minimum absolute atomic E-state index is 0.0698. The van der Waals surface area contributed by atoms with Crippen molar-refractivity contribution in [3.8, 4) is 17.6 Å². The van der Waals surface area contributed by atoms with Crippen molar-refractivity contribution in [2.24, 2.45) is 0 Å². The minimum atomic E-state index is -1.09. The van der Waals surface area contributed by atoms with Crippen LogP contribution >= 0.6 is 15.9 Å². The van der Waals surface area contributed by atoms with Gasteiger partial charge in [-0.3, -0.25) is 4.79 Å². The molecule has 1 amide bonds. The van der Waals surface area contributed by atoms with Crippen molar-refractivity contribution < 1.29 is 29.0 Å². The van der Waals surface area contributed by atoms with Gasteiger partial charge in [-0.15, -0.1) is 0 Å². The van der Waals surface area contributed by atoms with Crippen molar-refractivity contribution in [1.82, 2.24) is 0 Å². The Balaban J connectivity index is 1.86. The van der Waals surface area contributed by atoms with Crippen LogP contribution in [0, 0.1) is 11.3 Å². The van der Waals surface area contributed by atoms with E-state index in [9.17, 15) is 19.6 Å². The van der Waals surface area contributed by atoms with Gasteiger partial charge in [-0.25, -0.2) is 9.59 Å². The quantitative estimate of drug-likeness (QED) is 0.173. The molecular formula is C26H19BrN2O6. The first-order valence-electron chi connectivity index (χ1n) is 10.3. The summed E-state index contributed by atoms with van der Waals surface area (Å²) in [5.41, 5.74) is 1.02. The summed E-state index contributed by atoms with van der Waals surface area (Å²) in [4.78, 5) is 36.1. The zero-order chi connectivity index (χ0) is 25.4. The van der Waals surface area contributed by atoms with Gasteiger partial charge in [0.05, 0.1) is 22.2 Å². The number of nitrogens with one attached hydrogen (secondary N) is 1. The Morgan fingerprint density at radius 1 is 1.06 bits per heavy atom. The second kappa shape index (κ2) is 11.6. The summed E-state index contributed by atoms with van der Waals surface area (Å²) in [5, 5.41) is 21.1. The first-order valence-corrected chi connectivity index (χ1v) is 11.1. The van der Waals surface area contributed by atoms with Crippen molar-refractivity contribution in [2.45, 2.75) is 6.92 Å². The van der Waals surface area contributed by atoms with Crippen LogP contribution < -0.4 is 14.8 Å². The molecule has 3 aromatic carbocycles. The van der Waals surface area contributed by atoms with Crippen LogP contribution in [0.15, 0.2) is 76.8 Å². The van der Waals surface area contributed by atoms with E-state index in [-0.39, 0.29) is 29.2 Å². The molecule has 0 aliphatic heterocycles. The van der Waals surface area contributed by atoms with Crippen molar-refractivity contribution in [3.05, 3.63) is 93.5 Å². The number of amides is 1. The monoisotopic (exact) mass is 534 g/mol. The summed E-state index contributed by atoms with van der Waals surface area (Å²) in [7, 11) is 0.